The number of unbranched alkanes of at least 4 members (excludes halogenated alkanes) is 8. The summed E-state index contributed by atoms with van der Waals surface area (Å²) in [6.07, 6.45) is 12.6. The van der Waals surface area contributed by atoms with Crippen LogP contribution in [0.2, 0.25) is 0 Å². The summed E-state index contributed by atoms with van der Waals surface area (Å²) in [4.78, 5) is 0. The molecule has 1 atom stereocenters. The van der Waals surface area contributed by atoms with Crippen molar-refractivity contribution < 1.29 is 9.47 Å². The van der Waals surface area contributed by atoms with E-state index < -0.39 is 5.31 Å². The molecule has 1 unspecified atom stereocenters. The van der Waals surface area contributed by atoms with Crippen molar-refractivity contribution >= 4 is 36.7 Å². The van der Waals surface area contributed by atoms with E-state index in [1.807, 2.05) is 13.8 Å². The molecule has 2 nitrogen and oxygen atoms in total. The van der Waals surface area contributed by atoms with Crippen LogP contribution in [-0.4, -0.2) is 25.7 Å². The van der Waals surface area contributed by atoms with Gasteiger partial charge in [-0.2, -0.15) is 0 Å². The molecule has 0 heterocycles. The molecule has 4 heteroatoms. The molecule has 3 aromatic rings. The predicted molar refractivity (Wildman–Crippen MR) is 168 cm³/mol. The number of rotatable bonds is 18. The number of halogens is 1. The topological polar surface area (TPSA) is 18.5 Å². The molecule has 0 aliphatic heterocycles. The first kappa shape index (κ1) is 30.0. The Labute approximate surface area is 233 Å². The van der Waals surface area contributed by atoms with Gasteiger partial charge in [0.2, 0.25) is 0 Å². The van der Waals surface area contributed by atoms with Crippen molar-refractivity contribution in [1.29, 1.82) is 0 Å². The van der Waals surface area contributed by atoms with E-state index in [0.717, 1.165) is 19.2 Å². The summed E-state index contributed by atoms with van der Waals surface area (Å²) in [5, 5.41) is 1.51. The summed E-state index contributed by atoms with van der Waals surface area (Å²) >= 11 is 4.57. The molecule has 0 amide bonds. The van der Waals surface area contributed by atoms with Gasteiger partial charge >= 0.3 is 203 Å². The Hall–Kier alpha value is -1.51. The van der Waals surface area contributed by atoms with Gasteiger partial charge in [-0.1, -0.05) is 0 Å². The zero-order valence-electron chi connectivity index (χ0n) is 22.9. The van der Waals surface area contributed by atoms with Crippen LogP contribution in [0.1, 0.15) is 71.6 Å². The molecule has 0 bridgehead atoms. The second-order valence-corrected chi connectivity index (χ2v) is 19.0. The summed E-state index contributed by atoms with van der Waals surface area (Å²) in [6, 6.07) is 33.5. The van der Waals surface area contributed by atoms with Crippen molar-refractivity contribution in [2.75, 3.05) is 19.4 Å². The molecule has 0 saturated carbocycles. The molecule has 0 fully saturated rings. The Morgan fingerprint density at radius 2 is 0.946 bits per heavy atom. The van der Waals surface area contributed by atoms with E-state index in [-0.39, 0.29) is 6.29 Å². The van der Waals surface area contributed by atoms with Gasteiger partial charge in [0, 0.05) is 6.61 Å². The maximum absolute atomic E-state index is 5.66. The van der Waals surface area contributed by atoms with E-state index in [9.17, 15) is 0 Å². The average molecular weight is 586 g/mol. The van der Waals surface area contributed by atoms with Crippen LogP contribution in [0, 0.1) is 0 Å². The van der Waals surface area contributed by atoms with Crippen molar-refractivity contribution in [3.05, 3.63) is 91.0 Å². The van der Waals surface area contributed by atoms with E-state index in [2.05, 4.69) is 106 Å². The molecule has 0 aromatic heterocycles. The fraction of sp³-hybridized carbons (Fsp3) is 0.455. The third kappa shape index (κ3) is 8.24. The Balaban J connectivity index is 1.53. The first-order valence-corrected chi connectivity index (χ1v) is 18.7. The predicted octanol–water partition coefficient (Wildman–Crippen LogP) is 8.74. The molecule has 0 aliphatic rings. The van der Waals surface area contributed by atoms with Crippen LogP contribution in [0.3, 0.4) is 0 Å². The molecule has 37 heavy (non-hydrogen) atoms. The summed E-state index contributed by atoms with van der Waals surface area (Å²) in [5.41, 5.74) is 0. The minimum absolute atomic E-state index is 0.0732. The van der Waals surface area contributed by atoms with E-state index >= 15 is 0 Å². The van der Waals surface area contributed by atoms with Crippen LogP contribution in [0.15, 0.2) is 91.0 Å². The van der Waals surface area contributed by atoms with Crippen LogP contribution in [0.25, 0.3) is 0 Å². The number of ether oxygens (including phenoxy) is 2. The van der Waals surface area contributed by atoms with Gasteiger partial charge in [-0.25, -0.2) is 0 Å². The van der Waals surface area contributed by atoms with E-state index in [4.69, 9.17) is 9.47 Å². The van der Waals surface area contributed by atoms with Gasteiger partial charge in [0.1, 0.15) is 0 Å². The zero-order chi connectivity index (χ0) is 26.3. The van der Waals surface area contributed by atoms with Gasteiger partial charge in [0.15, 0.2) is 6.29 Å². The number of benzene rings is 3. The standard InChI is InChI=1S/C33H46BrO2P/c1-3-35-30(2)36-28-20-9-7-5-4-6-8-10-21-29-37(34,31-22-14-11-15-23-31,32-24-16-12-17-25-32)33-26-18-13-19-27-33/h11-19,22-27,30H,3-10,20-21,28-29H2,1-2H3. The van der Waals surface area contributed by atoms with Gasteiger partial charge in [-0.15, -0.1) is 0 Å². The van der Waals surface area contributed by atoms with Crippen molar-refractivity contribution in [2.24, 2.45) is 0 Å². The molecule has 0 saturated heterocycles. The Bertz CT molecular complexity index is 897. The minimum atomic E-state index is -2.75. The normalized spacial score (nSPS) is 13.6. The summed E-state index contributed by atoms with van der Waals surface area (Å²) in [7, 11) is 0. The summed E-state index contributed by atoms with van der Waals surface area (Å²) in [5.74, 6) is 0. The van der Waals surface area contributed by atoms with Gasteiger partial charge in [-0.05, 0) is 13.8 Å². The van der Waals surface area contributed by atoms with Crippen molar-refractivity contribution in [3.8, 4) is 0 Å². The van der Waals surface area contributed by atoms with Gasteiger partial charge in [0.05, 0.1) is 0 Å². The van der Waals surface area contributed by atoms with Crippen molar-refractivity contribution in [1.82, 2.24) is 0 Å². The SMILES string of the molecule is CCOC(C)OCCCCCCCCCCCP(Br)(c1ccccc1)(c1ccccc1)c1ccccc1. The zero-order valence-corrected chi connectivity index (χ0v) is 25.3. The molecule has 0 aliphatic carbocycles. The quantitative estimate of drug-likeness (QED) is 0.0845. The van der Waals surface area contributed by atoms with E-state index in [1.165, 1.54) is 67.3 Å². The molecule has 3 aromatic carbocycles. The van der Waals surface area contributed by atoms with Crippen LogP contribution >= 0.6 is 20.8 Å². The average Bonchev–Trinajstić information content (AvgIpc) is 2.95. The maximum atomic E-state index is 5.66. The molecular formula is C33H46BrO2P. The van der Waals surface area contributed by atoms with Crippen LogP contribution < -0.4 is 15.9 Å². The van der Waals surface area contributed by atoms with Crippen LogP contribution in [0.4, 0.5) is 0 Å². The monoisotopic (exact) mass is 584 g/mol. The van der Waals surface area contributed by atoms with Crippen LogP contribution in [-0.2, 0) is 9.47 Å². The molecule has 0 N–H and O–H groups in total. The number of hydrogen-bond donors (Lipinski definition) is 0. The molecule has 0 radical (unpaired) electrons. The molecule has 202 valence electrons. The van der Waals surface area contributed by atoms with Gasteiger partial charge < -0.3 is 4.74 Å². The summed E-state index contributed by atoms with van der Waals surface area (Å²) < 4.78 is 11.1. The Morgan fingerprint density at radius 1 is 0.568 bits per heavy atom. The molecular weight excluding hydrogens is 539 g/mol. The fourth-order valence-corrected chi connectivity index (χ4v) is 13.1. The fourth-order valence-electron chi connectivity index (χ4n) is 5.33. The molecule has 0 spiro atoms. The first-order chi connectivity index (χ1) is 18.1. The van der Waals surface area contributed by atoms with E-state index in [1.54, 1.807) is 0 Å². The molecule has 3 rings (SSSR count). The second-order valence-electron chi connectivity index (χ2n) is 9.99. The third-order valence-electron chi connectivity index (χ3n) is 7.36. The third-order valence-corrected chi connectivity index (χ3v) is 17.4. The Kier molecular flexibility index (Phi) is 12.8. The van der Waals surface area contributed by atoms with Crippen LogP contribution in [0.5, 0.6) is 0 Å². The van der Waals surface area contributed by atoms with Gasteiger partial charge in [-0.3, -0.25) is 0 Å². The number of hydrogen-bond acceptors (Lipinski definition) is 2. The first-order valence-electron chi connectivity index (χ1n) is 14.2. The summed E-state index contributed by atoms with van der Waals surface area (Å²) in [6.45, 7) is 5.51. The van der Waals surface area contributed by atoms with Crippen molar-refractivity contribution in [3.63, 3.8) is 0 Å². The second kappa shape index (κ2) is 15.8. The Morgan fingerprint density at radius 3 is 1.35 bits per heavy atom. The van der Waals surface area contributed by atoms with Gasteiger partial charge in [0.25, 0.3) is 0 Å². The van der Waals surface area contributed by atoms with E-state index in [0.29, 0.717) is 6.61 Å². The van der Waals surface area contributed by atoms with Crippen molar-refractivity contribution in [2.45, 2.75) is 77.9 Å².